The van der Waals surface area contributed by atoms with E-state index in [0.29, 0.717) is 31.8 Å². The molecule has 0 spiro atoms. The summed E-state index contributed by atoms with van der Waals surface area (Å²) < 4.78 is 10.2. The quantitative estimate of drug-likeness (QED) is 0.140. The summed E-state index contributed by atoms with van der Waals surface area (Å²) in [5.41, 5.74) is 3.86. The first kappa shape index (κ1) is 23.7. The van der Waals surface area contributed by atoms with Gasteiger partial charge in [-0.25, -0.2) is 9.97 Å². The molecule has 0 atom stereocenters. The minimum absolute atomic E-state index is 0.149. The van der Waals surface area contributed by atoms with Crippen LogP contribution in [0.1, 0.15) is 12.7 Å². The normalized spacial score (nSPS) is 11.4. The Morgan fingerprint density at radius 3 is 2.43 bits per heavy atom. The molecule has 3 aromatic heterocycles. The van der Waals surface area contributed by atoms with Crippen LogP contribution in [0.5, 0.6) is 5.75 Å². The van der Waals surface area contributed by atoms with E-state index in [1.807, 2.05) is 90.4 Å². The van der Waals surface area contributed by atoms with Crippen LogP contribution in [0.15, 0.2) is 88.8 Å². The molecule has 3 heterocycles. The van der Waals surface area contributed by atoms with Crippen LogP contribution >= 0.6 is 35.3 Å². The Kier molecular flexibility index (Phi) is 6.37. The van der Waals surface area contributed by atoms with Crippen molar-refractivity contribution in [1.29, 1.82) is 0 Å². The summed E-state index contributed by atoms with van der Waals surface area (Å²) in [6, 6.07) is 25.1. The van der Waals surface area contributed by atoms with Gasteiger partial charge >= 0.3 is 0 Å². The molecule has 0 bridgehead atoms. The number of hydrogen-bond acceptors (Lipinski definition) is 7. The molecule has 1 N–H and O–H groups in total. The van der Waals surface area contributed by atoms with E-state index >= 15 is 0 Å². The number of thioether (sulfide) groups is 1. The molecule has 0 aliphatic carbocycles. The predicted octanol–water partition coefficient (Wildman–Crippen LogP) is 6.53. The first-order valence-electron chi connectivity index (χ1n) is 11.7. The average molecular weight is 544 g/mol. The molecule has 0 unspecified atom stereocenters. The Hall–Kier alpha value is -3.73. The highest BCUT2D eigenvalue weighted by molar-refractivity contribution is 7.98. The van der Waals surface area contributed by atoms with Crippen LogP contribution in [0.4, 0.5) is 0 Å². The monoisotopic (exact) mass is 543 g/mol. The molecule has 184 valence electrons. The fourth-order valence-corrected chi connectivity index (χ4v) is 6.31. The van der Waals surface area contributed by atoms with E-state index < -0.39 is 0 Å². The first-order valence-corrected chi connectivity index (χ1v) is 13.9. The second kappa shape index (κ2) is 9.97. The van der Waals surface area contributed by atoms with Crippen LogP contribution < -0.4 is 10.3 Å². The van der Waals surface area contributed by atoms with Crippen LogP contribution in [-0.4, -0.2) is 30.7 Å². The van der Waals surface area contributed by atoms with Crippen LogP contribution in [0.3, 0.4) is 0 Å². The topological polar surface area (TPSA) is 77.7 Å². The zero-order valence-corrected chi connectivity index (χ0v) is 22.2. The molecule has 6 aromatic rings. The van der Waals surface area contributed by atoms with Gasteiger partial charge in [-0.1, -0.05) is 53.4 Å². The Labute approximate surface area is 225 Å². The van der Waals surface area contributed by atoms with Crippen molar-refractivity contribution in [3.05, 3.63) is 99.0 Å². The van der Waals surface area contributed by atoms with E-state index in [-0.39, 0.29) is 5.56 Å². The molecule has 0 fully saturated rings. The van der Waals surface area contributed by atoms with Gasteiger partial charge < -0.3 is 9.72 Å². The number of aromatic amines is 1. The second-order valence-corrected chi connectivity index (χ2v) is 10.7. The summed E-state index contributed by atoms with van der Waals surface area (Å²) >= 11 is 8.43. The van der Waals surface area contributed by atoms with E-state index in [1.165, 1.54) is 23.1 Å². The number of H-pyrrole nitrogens is 1. The van der Waals surface area contributed by atoms with Gasteiger partial charge in [0.2, 0.25) is 0 Å². The number of imidazole rings is 1. The van der Waals surface area contributed by atoms with Crippen LogP contribution in [-0.2, 0) is 5.75 Å². The van der Waals surface area contributed by atoms with Crippen molar-refractivity contribution in [2.24, 2.45) is 0 Å². The number of benzene rings is 3. The van der Waals surface area contributed by atoms with Crippen LogP contribution in [0.2, 0.25) is 0 Å². The number of rotatable bonds is 7. The summed E-state index contributed by atoms with van der Waals surface area (Å²) in [6.07, 6.45) is 0. The van der Waals surface area contributed by atoms with Gasteiger partial charge in [-0.2, -0.15) is 0 Å². The van der Waals surface area contributed by atoms with Crippen molar-refractivity contribution in [2.75, 3.05) is 6.61 Å². The molecule has 0 radical (unpaired) electrons. The Morgan fingerprint density at radius 2 is 1.68 bits per heavy atom. The van der Waals surface area contributed by atoms with E-state index in [2.05, 4.69) is 9.97 Å². The number of para-hydroxylation sites is 3. The lowest BCUT2D eigenvalue weighted by Crippen LogP contribution is -2.21. The molecule has 0 aliphatic heterocycles. The molecule has 3 aromatic carbocycles. The molecule has 0 saturated carbocycles. The average Bonchev–Trinajstić information content (AvgIpc) is 3.49. The zero-order chi connectivity index (χ0) is 25.4. The van der Waals surface area contributed by atoms with Gasteiger partial charge in [-0.05, 0) is 67.7 Å². The van der Waals surface area contributed by atoms with Crippen molar-refractivity contribution >= 4 is 56.7 Å². The lowest BCUT2D eigenvalue weighted by atomic mass is 10.3. The second-order valence-electron chi connectivity index (χ2n) is 8.14. The third-order valence-electron chi connectivity index (χ3n) is 5.77. The number of nitrogens with zero attached hydrogens (tertiary/aromatic N) is 4. The number of ether oxygens (including phenoxy) is 1. The SMILES string of the molecule is CCOc1ccc(-n2c(=S)sc3c(=O)n(-c4ccccc4)c(SCc4nc5ccccc5[nH]4)nc32)cc1. The number of nitrogens with one attached hydrogen (secondary N) is 1. The first-order chi connectivity index (χ1) is 18.1. The summed E-state index contributed by atoms with van der Waals surface area (Å²) in [5, 5.41) is 0.566. The standard InChI is InChI=1S/C27H21N5O2S3/c1-2-34-19-14-12-18(13-15-19)31-24-23(37-27(31)35)25(33)32(17-8-4-3-5-9-17)26(30-24)36-16-22-28-20-10-6-7-11-21(20)29-22/h3-15H,2,16H2,1H3,(H,28,29). The molecule has 10 heteroatoms. The number of hydrogen-bond donors (Lipinski definition) is 1. The Morgan fingerprint density at radius 1 is 0.946 bits per heavy atom. The largest absolute Gasteiger partial charge is 0.494 e. The van der Waals surface area contributed by atoms with Crippen LogP contribution in [0.25, 0.3) is 32.8 Å². The maximum atomic E-state index is 13.9. The van der Waals surface area contributed by atoms with Gasteiger partial charge in [0, 0.05) is 5.69 Å². The lowest BCUT2D eigenvalue weighted by molar-refractivity contribution is 0.340. The van der Waals surface area contributed by atoms with Crippen molar-refractivity contribution in [3.8, 4) is 17.1 Å². The van der Waals surface area contributed by atoms with Crippen molar-refractivity contribution in [3.63, 3.8) is 0 Å². The molecular formula is C27H21N5O2S3. The predicted molar refractivity (Wildman–Crippen MR) is 152 cm³/mol. The fourth-order valence-electron chi connectivity index (χ4n) is 4.13. The van der Waals surface area contributed by atoms with Gasteiger partial charge in [-0.15, -0.1) is 0 Å². The number of fused-ring (bicyclic) bond motifs is 2. The third kappa shape index (κ3) is 4.48. The third-order valence-corrected chi connectivity index (χ3v) is 8.07. The van der Waals surface area contributed by atoms with Crippen molar-refractivity contribution < 1.29 is 4.74 Å². The number of thiazole rings is 1. The minimum atomic E-state index is -0.149. The smallest absolute Gasteiger partial charge is 0.278 e. The molecule has 37 heavy (non-hydrogen) atoms. The van der Waals surface area contributed by atoms with E-state index in [0.717, 1.165) is 34.0 Å². The van der Waals surface area contributed by atoms with E-state index in [1.54, 1.807) is 4.57 Å². The maximum absolute atomic E-state index is 13.9. The van der Waals surface area contributed by atoms with Gasteiger partial charge in [0.15, 0.2) is 14.8 Å². The van der Waals surface area contributed by atoms with Crippen LogP contribution in [0, 0.1) is 3.95 Å². The van der Waals surface area contributed by atoms with Crippen molar-refractivity contribution in [1.82, 2.24) is 24.1 Å². The van der Waals surface area contributed by atoms with Gasteiger partial charge in [0.25, 0.3) is 5.56 Å². The summed E-state index contributed by atoms with van der Waals surface area (Å²) in [5.74, 6) is 2.11. The van der Waals surface area contributed by atoms with Gasteiger partial charge in [-0.3, -0.25) is 13.9 Å². The molecule has 0 amide bonds. The highest BCUT2D eigenvalue weighted by atomic mass is 32.2. The summed E-state index contributed by atoms with van der Waals surface area (Å²) in [4.78, 5) is 26.9. The summed E-state index contributed by atoms with van der Waals surface area (Å²) in [7, 11) is 0. The fraction of sp³-hybridized carbons (Fsp3) is 0.111. The Bertz CT molecular complexity index is 1800. The summed E-state index contributed by atoms with van der Waals surface area (Å²) in [6.45, 7) is 2.54. The highest BCUT2D eigenvalue weighted by Crippen LogP contribution is 2.29. The molecule has 7 nitrogen and oxygen atoms in total. The molecular weight excluding hydrogens is 523 g/mol. The number of aromatic nitrogens is 5. The lowest BCUT2D eigenvalue weighted by Gasteiger charge is -2.12. The van der Waals surface area contributed by atoms with Crippen molar-refractivity contribution in [2.45, 2.75) is 17.8 Å². The molecule has 0 aliphatic rings. The Balaban J connectivity index is 1.49. The van der Waals surface area contributed by atoms with Gasteiger partial charge in [0.1, 0.15) is 16.3 Å². The highest BCUT2D eigenvalue weighted by Gasteiger charge is 2.19. The van der Waals surface area contributed by atoms with Gasteiger partial charge in [0.05, 0.1) is 29.1 Å². The molecule has 6 rings (SSSR count). The zero-order valence-electron chi connectivity index (χ0n) is 19.7. The minimum Gasteiger partial charge on any atom is -0.494 e. The van der Waals surface area contributed by atoms with E-state index in [4.69, 9.17) is 21.9 Å². The maximum Gasteiger partial charge on any atom is 0.278 e. The van der Waals surface area contributed by atoms with E-state index in [9.17, 15) is 4.79 Å². The molecule has 0 saturated heterocycles.